The zero-order chi connectivity index (χ0) is 17.7. The van der Waals surface area contributed by atoms with Crippen LogP contribution in [0.1, 0.15) is 30.6 Å². The first kappa shape index (κ1) is 16.3. The number of halogens is 2. The van der Waals surface area contributed by atoms with Crippen LogP contribution in [0, 0.1) is 33.8 Å². The summed E-state index contributed by atoms with van der Waals surface area (Å²) in [7, 11) is 0. The van der Waals surface area contributed by atoms with Crippen molar-refractivity contribution < 1.29 is 18.4 Å². The summed E-state index contributed by atoms with van der Waals surface area (Å²) in [6, 6.07) is 5.42. The molecule has 1 aromatic carbocycles. The van der Waals surface area contributed by atoms with Crippen LogP contribution in [0.3, 0.4) is 0 Å². The molecule has 1 spiro atoms. The third-order valence-electron chi connectivity index (χ3n) is 4.71. The molecule has 1 aliphatic carbocycles. The highest BCUT2D eigenvalue weighted by molar-refractivity contribution is 6.04. The second-order valence-corrected chi connectivity index (χ2v) is 7.18. The van der Waals surface area contributed by atoms with Gasteiger partial charge in [-0.05, 0) is 18.6 Å². The van der Waals surface area contributed by atoms with Crippen molar-refractivity contribution in [1.82, 2.24) is 4.90 Å². The zero-order valence-electron chi connectivity index (χ0n) is 13.4. The molecule has 1 aromatic rings. The summed E-state index contributed by atoms with van der Waals surface area (Å²) < 4.78 is 27.1. The average Bonchev–Trinajstić information content (AvgIpc) is 2.49. The maximum absolute atomic E-state index is 13.8. The number of rotatable bonds is 1. The molecular weight excluding hydrogens is 314 g/mol. The van der Waals surface area contributed by atoms with Gasteiger partial charge in [0, 0.05) is 23.9 Å². The minimum absolute atomic E-state index is 0.107. The quantitative estimate of drug-likeness (QED) is 0.795. The fraction of sp³-hybridized carbons (Fsp3) is 0.389. The van der Waals surface area contributed by atoms with Crippen LogP contribution in [0.25, 0.3) is 0 Å². The fourth-order valence-electron chi connectivity index (χ4n) is 3.73. The molecule has 4 nitrogen and oxygen atoms in total. The van der Waals surface area contributed by atoms with Crippen LogP contribution in [-0.4, -0.2) is 29.7 Å². The minimum Gasteiger partial charge on any atom is -0.337 e. The number of hydrogen-bond acceptors (Lipinski definition) is 3. The summed E-state index contributed by atoms with van der Waals surface area (Å²) in [4.78, 5) is 25.9. The predicted octanol–water partition coefficient (Wildman–Crippen LogP) is 2.86. The Hall–Kier alpha value is -2.55. The number of hydrogen-bond donors (Lipinski definition) is 0. The number of amides is 1. The summed E-state index contributed by atoms with van der Waals surface area (Å²) in [5.74, 6) is -3.00. The molecule has 0 atom stereocenters. The number of benzene rings is 1. The second-order valence-electron chi connectivity index (χ2n) is 7.18. The van der Waals surface area contributed by atoms with E-state index in [0.29, 0.717) is 6.42 Å². The van der Waals surface area contributed by atoms with Gasteiger partial charge in [-0.25, -0.2) is 8.78 Å². The third-order valence-corrected chi connectivity index (χ3v) is 4.71. The average molecular weight is 330 g/mol. The van der Waals surface area contributed by atoms with E-state index in [-0.39, 0.29) is 30.0 Å². The fourth-order valence-corrected chi connectivity index (χ4v) is 3.73. The summed E-state index contributed by atoms with van der Waals surface area (Å²) in [6.45, 7) is 4.11. The first-order valence-corrected chi connectivity index (χ1v) is 7.60. The summed E-state index contributed by atoms with van der Waals surface area (Å²) in [5.41, 5.74) is -1.34. The molecule has 1 fully saturated rings. The summed E-state index contributed by atoms with van der Waals surface area (Å²) in [5, 5.41) is 9.15. The van der Waals surface area contributed by atoms with Crippen molar-refractivity contribution in [1.29, 1.82) is 5.26 Å². The van der Waals surface area contributed by atoms with Crippen molar-refractivity contribution in [2.24, 2.45) is 10.8 Å². The number of Topliss-reactive ketones (excluding diaryl/α,β-unsaturated/α-hetero) is 1. The van der Waals surface area contributed by atoms with Crippen LogP contribution in [0.4, 0.5) is 8.78 Å². The molecule has 3 rings (SSSR count). The highest BCUT2D eigenvalue weighted by Gasteiger charge is 2.52. The van der Waals surface area contributed by atoms with Crippen LogP contribution >= 0.6 is 0 Å². The van der Waals surface area contributed by atoms with Crippen LogP contribution in [-0.2, 0) is 4.79 Å². The molecule has 0 aromatic heterocycles. The van der Waals surface area contributed by atoms with Gasteiger partial charge in [0.25, 0.3) is 5.91 Å². The maximum Gasteiger partial charge on any atom is 0.257 e. The van der Waals surface area contributed by atoms with E-state index in [1.54, 1.807) is 19.9 Å². The molecule has 1 amide bonds. The second kappa shape index (κ2) is 5.23. The van der Waals surface area contributed by atoms with Crippen molar-refractivity contribution in [2.75, 3.05) is 13.1 Å². The van der Waals surface area contributed by atoms with E-state index in [2.05, 4.69) is 0 Å². The Labute approximate surface area is 138 Å². The van der Waals surface area contributed by atoms with Crippen LogP contribution in [0.5, 0.6) is 0 Å². The molecule has 0 unspecified atom stereocenters. The lowest BCUT2D eigenvalue weighted by atomic mass is 9.61. The lowest BCUT2D eigenvalue weighted by Gasteiger charge is -2.53. The van der Waals surface area contributed by atoms with Crippen LogP contribution < -0.4 is 0 Å². The molecule has 1 saturated heterocycles. The van der Waals surface area contributed by atoms with Crippen molar-refractivity contribution in [2.45, 2.75) is 20.3 Å². The highest BCUT2D eigenvalue weighted by atomic mass is 19.2. The van der Waals surface area contributed by atoms with E-state index in [1.165, 1.54) is 17.0 Å². The molecule has 1 heterocycles. The molecule has 24 heavy (non-hydrogen) atoms. The summed E-state index contributed by atoms with van der Waals surface area (Å²) >= 11 is 0. The molecule has 124 valence electrons. The van der Waals surface area contributed by atoms with E-state index in [9.17, 15) is 18.4 Å². The Morgan fingerprint density at radius 2 is 1.96 bits per heavy atom. The number of ketones is 1. The van der Waals surface area contributed by atoms with Crippen molar-refractivity contribution in [3.63, 3.8) is 0 Å². The van der Waals surface area contributed by atoms with E-state index in [1.807, 2.05) is 6.07 Å². The summed E-state index contributed by atoms with van der Waals surface area (Å²) in [6.07, 6.45) is 2.14. The lowest BCUT2D eigenvalue weighted by Crippen LogP contribution is -2.61. The van der Waals surface area contributed by atoms with Gasteiger partial charge < -0.3 is 4.90 Å². The standard InChI is InChI=1S/C18H16F2N2O2/c1-17(2)8-18(6-11(7-21)15(17)23)9-22(10-18)16(24)12-4-3-5-13(19)14(12)20/h3-6H,8-10H2,1-2H3. The molecule has 6 heteroatoms. The van der Waals surface area contributed by atoms with Crippen LogP contribution in [0.15, 0.2) is 29.8 Å². The molecular formula is C18H16F2N2O2. The van der Waals surface area contributed by atoms with Gasteiger partial charge >= 0.3 is 0 Å². The van der Waals surface area contributed by atoms with Gasteiger partial charge in [-0.1, -0.05) is 26.0 Å². The SMILES string of the molecule is CC1(C)CC2(C=C(C#N)C1=O)CN(C(=O)c1cccc(F)c1F)C2. The van der Waals surface area contributed by atoms with Gasteiger partial charge in [-0.3, -0.25) is 9.59 Å². The van der Waals surface area contributed by atoms with Crippen molar-refractivity contribution in [3.8, 4) is 6.07 Å². The van der Waals surface area contributed by atoms with Crippen molar-refractivity contribution in [3.05, 3.63) is 47.0 Å². The number of likely N-dealkylation sites (tertiary alicyclic amines) is 1. The monoisotopic (exact) mass is 330 g/mol. The maximum atomic E-state index is 13.8. The van der Waals surface area contributed by atoms with E-state index >= 15 is 0 Å². The first-order valence-electron chi connectivity index (χ1n) is 7.60. The third kappa shape index (κ3) is 2.41. The number of nitrogens with zero attached hydrogens (tertiary/aromatic N) is 2. The Bertz CT molecular complexity index is 815. The topological polar surface area (TPSA) is 61.2 Å². The number of allylic oxidation sites excluding steroid dienone is 1. The molecule has 0 saturated carbocycles. The number of carbonyl (C=O) groups excluding carboxylic acids is 2. The molecule has 0 bridgehead atoms. The Kier molecular flexibility index (Phi) is 3.56. The normalized spacial score (nSPS) is 21.0. The van der Waals surface area contributed by atoms with Gasteiger partial charge in [-0.15, -0.1) is 0 Å². The largest absolute Gasteiger partial charge is 0.337 e. The highest BCUT2D eigenvalue weighted by Crippen LogP contribution is 2.48. The van der Waals surface area contributed by atoms with E-state index in [0.717, 1.165) is 6.07 Å². The van der Waals surface area contributed by atoms with Crippen molar-refractivity contribution >= 4 is 11.7 Å². The Balaban J connectivity index is 1.83. The lowest BCUT2D eigenvalue weighted by molar-refractivity contribution is -0.127. The zero-order valence-corrected chi connectivity index (χ0v) is 13.4. The van der Waals surface area contributed by atoms with Gasteiger partial charge in [0.15, 0.2) is 17.4 Å². The van der Waals surface area contributed by atoms with Gasteiger partial charge in [0.05, 0.1) is 11.1 Å². The number of carbonyl (C=O) groups is 2. The number of nitriles is 1. The predicted molar refractivity (Wildman–Crippen MR) is 81.8 cm³/mol. The van der Waals surface area contributed by atoms with Gasteiger partial charge in [-0.2, -0.15) is 5.26 Å². The van der Waals surface area contributed by atoms with Gasteiger partial charge in [0.1, 0.15) is 6.07 Å². The minimum atomic E-state index is -1.16. The van der Waals surface area contributed by atoms with E-state index < -0.39 is 28.4 Å². The molecule has 0 N–H and O–H groups in total. The van der Waals surface area contributed by atoms with Gasteiger partial charge in [0.2, 0.25) is 0 Å². The van der Waals surface area contributed by atoms with E-state index in [4.69, 9.17) is 5.26 Å². The molecule has 1 aliphatic heterocycles. The Morgan fingerprint density at radius 3 is 2.58 bits per heavy atom. The Morgan fingerprint density at radius 1 is 1.29 bits per heavy atom. The smallest absolute Gasteiger partial charge is 0.257 e. The molecule has 0 radical (unpaired) electrons. The first-order chi connectivity index (χ1) is 11.2. The molecule has 2 aliphatic rings. The van der Waals surface area contributed by atoms with Crippen LogP contribution in [0.2, 0.25) is 0 Å².